The van der Waals surface area contributed by atoms with Gasteiger partial charge < -0.3 is 14.8 Å². The van der Waals surface area contributed by atoms with Gasteiger partial charge in [-0.2, -0.15) is 5.10 Å². The van der Waals surface area contributed by atoms with E-state index in [1.807, 2.05) is 6.92 Å². The number of fused-ring (bicyclic) bond motifs is 1. The Labute approximate surface area is 206 Å². The Bertz CT molecular complexity index is 1630. The maximum Gasteiger partial charge on any atom is 0.354 e. The molecule has 188 valence electrons. The van der Waals surface area contributed by atoms with E-state index in [2.05, 4.69) is 24.8 Å². The van der Waals surface area contributed by atoms with Gasteiger partial charge in [-0.1, -0.05) is 13.3 Å². The van der Waals surface area contributed by atoms with Gasteiger partial charge in [0.25, 0.3) is 15.6 Å². The van der Waals surface area contributed by atoms with E-state index in [1.54, 1.807) is 14.0 Å². The van der Waals surface area contributed by atoms with Gasteiger partial charge >= 0.3 is 5.97 Å². The molecule has 0 aliphatic heterocycles. The first kappa shape index (κ1) is 24.9. The fraction of sp³-hybridized carbons (Fsp3) is 0.261. The van der Waals surface area contributed by atoms with Crippen molar-refractivity contribution in [1.82, 2.24) is 24.7 Å². The maximum absolute atomic E-state index is 13.1. The normalized spacial score (nSPS) is 11.5. The minimum Gasteiger partial charge on any atom is -0.493 e. The van der Waals surface area contributed by atoms with Gasteiger partial charge in [-0.25, -0.2) is 23.2 Å². The van der Waals surface area contributed by atoms with Crippen LogP contribution in [0, 0.1) is 0 Å². The summed E-state index contributed by atoms with van der Waals surface area (Å²) in [7, 11) is -2.48. The van der Waals surface area contributed by atoms with Crippen LogP contribution in [0.1, 0.15) is 36.5 Å². The quantitative estimate of drug-likeness (QED) is 0.305. The molecule has 0 bridgehead atoms. The van der Waals surface area contributed by atoms with Gasteiger partial charge in [0.15, 0.2) is 5.52 Å². The van der Waals surface area contributed by atoms with Crippen molar-refractivity contribution in [2.24, 2.45) is 7.05 Å². The number of rotatable bonds is 9. The van der Waals surface area contributed by atoms with Gasteiger partial charge in [0.05, 0.1) is 28.4 Å². The van der Waals surface area contributed by atoms with Crippen LogP contribution in [0.15, 0.2) is 46.2 Å². The predicted molar refractivity (Wildman–Crippen MR) is 132 cm³/mol. The van der Waals surface area contributed by atoms with Crippen LogP contribution in [-0.2, 0) is 23.5 Å². The fourth-order valence-electron chi connectivity index (χ4n) is 3.75. The minimum atomic E-state index is -4.15. The Hall–Kier alpha value is -4.26. The number of aromatic amines is 1. The first-order valence-corrected chi connectivity index (χ1v) is 12.6. The van der Waals surface area contributed by atoms with E-state index in [9.17, 15) is 18.0 Å². The summed E-state index contributed by atoms with van der Waals surface area (Å²) in [5.41, 5.74) is 0.993. The molecule has 0 unspecified atom stereocenters. The van der Waals surface area contributed by atoms with Gasteiger partial charge in [0, 0.05) is 13.2 Å². The first-order chi connectivity index (χ1) is 17.1. The molecule has 36 heavy (non-hydrogen) atoms. The highest BCUT2D eigenvalue weighted by Gasteiger charge is 2.21. The molecular formula is C23H24N6O6S. The molecule has 0 saturated carbocycles. The predicted octanol–water partition coefficient (Wildman–Crippen LogP) is 2.57. The van der Waals surface area contributed by atoms with E-state index in [0.717, 1.165) is 12.5 Å². The molecule has 0 radical (unpaired) electrons. The molecule has 3 aromatic heterocycles. The van der Waals surface area contributed by atoms with Crippen LogP contribution in [0.25, 0.3) is 22.4 Å². The SMILES string of the molecule is CCCc1nn(C)c2c(=O)[nH]c(-c3cc(S(=O)(=O)Nc4ccnc(C(=O)O)c4)ccc3OCC)nc12. The molecule has 0 spiro atoms. The Balaban J connectivity index is 1.83. The third-order valence-corrected chi connectivity index (χ3v) is 6.68. The van der Waals surface area contributed by atoms with E-state index in [4.69, 9.17) is 9.84 Å². The maximum atomic E-state index is 13.1. The molecule has 4 rings (SSSR count). The van der Waals surface area contributed by atoms with Crippen LogP contribution in [-0.4, -0.2) is 50.8 Å². The number of carboxylic acid groups (broad SMARTS) is 1. The number of benzene rings is 1. The number of nitrogens with one attached hydrogen (secondary N) is 2. The molecule has 3 N–H and O–H groups in total. The number of anilines is 1. The minimum absolute atomic E-state index is 0.0327. The molecule has 13 heteroatoms. The smallest absolute Gasteiger partial charge is 0.354 e. The van der Waals surface area contributed by atoms with Gasteiger partial charge in [-0.05, 0) is 43.7 Å². The Morgan fingerprint density at radius 1 is 1.22 bits per heavy atom. The zero-order chi connectivity index (χ0) is 26.0. The van der Waals surface area contributed by atoms with E-state index in [0.29, 0.717) is 35.5 Å². The number of aromatic nitrogens is 5. The van der Waals surface area contributed by atoms with Gasteiger partial charge in [-0.15, -0.1) is 0 Å². The fourth-order valence-corrected chi connectivity index (χ4v) is 4.82. The number of aryl methyl sites for hydroxylation is 2. The zero-order valence-electron chi connectivity index (χ0n) is 19.8. The summed E-state index contributed by atoms with van der Waals surface area (Å²) < 4.78 is 35.8. The summed E-state index contributed by atoms with van der Waals surface area (Å²) in [6, 6.07) is 6.61. The second-order valence-corrected chi connectivity index (χ2v) is 9.55. The highest BCUT2D eigenvalue weighted by molar-refractivity contribution is 7.92. The van der Waals surface area contributed by atoms with E-state index >= 15 is 0 Å². The molecule has 0 atom stereocenters. The van der Waals surface area contributed by atoms with Crippen LogP contribution < -0.4 is 15.0 Å². The monoisotopic (exact) mass is 512 g/mol. The average Bonchev–Trinajstić information content (AvgIpc) is 3.15. The Morgan fingerprint density at radius 3 is 2.69 bits per heavy atom. The van der Waals surface area contributed by atoms with Crippen molar-refractivity contribution >= 4 is 32.7 Å². The van der Waals surface area contributed by atoms with Crippen molar-refractivity contribution in [3.8, 4) is 17.1 Å². The van der Waals surface area contributed by atoms with Crippen molar-refractivity contribution in [3.05, 3.63) is 58.3 Å². The largest absolute Gasteiger partial charge is 0.493 e. The summed E-state index contributed by atoms with van der Waals surface area (Å²) in [4.78, 5) is 35.0. The molecule has 12 nitrogen and oxygen atoms in total. The molecule has 0 fully saturated rings. The van der Waals surface area contributed by atoms with Crippen LogP contribution in [0.3, 0.4) is 0 Å². The molecular weight excluding hydrogens is 488 g/mol. The third-order valence-electron chi connectivity index (χ3n) is 5.30. The molecule has 0 saturated heterocycles. The number of carbonyl (C=O) groups is 1. The lowest BCUT2D eigenvalue weighted by Gasteiger charge is -2.13. The summed E-state index contributed by atoms with van der Waals surface area (Å²) in [6.45, 7) is 4.07. The van der Waals surface area contributed by atoms with Crippen LogP contribution in [0.5, 0.6) is 5.75 Å². The number of sulfonamides is 1. The van der Waals surface area contributed by atoms with Gasteiger partial charge in [0.2, 0.25) is 0 Å². The number of hydrogen-bond acceptors (Lipinski definition) is 8. The lowest BCUT2D eigenvalue weighted by atomic mass is 10.1. The van der Waals surface area contributed by atoms with E-state index in [1.165, 1.54) is 35.1 Å². The first-order valence-electron chi connectivity index (χ1n) is 11.1. The Morgan fingerprint density at radius 2 is 2.00 bits per heavy atom. The van der Waals surface area contributed by atoms with Crippen LogP contribution >= 0.6 is 0 Å². The Kier molecular flexibility index (Phi) is 6.75. The van der Waals surface area contributed by atoms with Crippen molar-refractivity contribution in [2.75, 3.05) is 11.3 Å². The second-order valence-electron chi connectivity index (χ2n) is 7.86. The summed E-state index contributed by atoms with van der Waals surface area (Å²) in [6.07, 6.45) is 2.61. The van der Waals surface area contributed by atoms with Crippen molar-refractivity contribution in [1.29, 1.82) is 0 Å². The van der Waals surface area contributed by atoms with E-state index < -0.39 is 21.6 Å². The second kappa shape index (κ2) is 9.77. The van der Waals surface area contributed by atoms with Crippen molar-refractivity contribution in [2.45, 2.75) is 31.6 Å². The summed E-state index contributed by atoms with van der Waals surface area (Å²) in [5.74, 6) is -0.824. The van der Waals surface area contributed by atoms with Crippen LogP contribution in [0.4, 0.5) is 5.69 Å². The lowest BCUT2D eigenvalue weighted by molar-refractivity contribution is 0.0690. The molecule has 0 amide bonds. The number of aromatic carboxylic acids is 1. The van der Waals surface area contributed by atoms with Crippen molar-refractivity contribution < 1.29 is 23.1 Å². The zero-order valence-corrected chi connectivity index (χ0v) is 20.6. The number of H-pyrrole nitrogens is 1. The van der Waals surface area contributed by atoms with E-state index in [-0.39, 0.29) is 27.7 Å². The van der Waals surface area contributed by atoms with Crippen molar-refractivity contribution in [3.63, 3.8) is 0 Å². The summed E-state index contributed by atoms with van der Waals surface area (Å²) >= 11 is 0. The number of ether oxygens (including phenoxy) is 1. The van der Waals surface area contributed by atoms with Gasteiger partial charge in [-0.3, -0.25) is 14.2 Å². The molecule has 4 aromatic rings. The highest BCUT2D eigenvalue weighted by atomic mass is 32.2. The molecule has 1 aromatic carbocycles. The molecule has 3 heterocycles. The number of nitrogens with zero attached hydrogens (tertiary/aromatic N) is 4. The molecule has 0 aliphatic rings. The number of pyridine rings is 1. The van der Waals surface area contributed by atoms with Gasteiger partial charge in [0.1, 0.15) is 22.8 Å². The molecule has 0 aliphatic carbocycles. The summed E-state index contributed by atoms with van der Waals surface area (Å²) in [5, 5.41) is 13.5. The lowest BCUT2D eigenvalue weighted by Crippen LogP contribution is -2.15. The standard InChI is InChI=1S/C23H24N6O6S/c1-4-6-16-19-20(29(3)27-16)22(30)26-21(25-19)15-12-14(7-8-18(15)35-5-2)36(33,34)28-13-9-10-24-17(11-13)23(31)32/h7-12H,4-6H2,1-3H3,(H,24,28)(H,31,32)(H,25,26,30). The average molecular weight is 513 g/mol. The topological polar surface area (TPSA) is 169 Å². The highest BCUT2D eigenvalue weighted by Crippen LogP contribution is 2.32. The number of carboxylic acids is 1. The van der Waals surface area contributed by atoms with Crippen LogP contribution in [0.2, 0.25) is 0 Å². The third kappa shape index (κ3) is 4.77. The number of hydrogen-bond donors (Lipinski definition) is 3.